The number of nitrogen functional groups attached to an aromatic ring is 1. The zero-order chi connectivity index (χ0) is 22.9. The van der Waals surface area contributed by atoms with Crippen LogP contribution in [0.15, 0.2) is 59.8 Å². The molecule has 3 aromatic heterocycles. The first-order valence-corrected chi connectivity index (χ1v) is 10.8. The molecule has 1 aromatic carbocycles. The summed E-state index contributed by atoms with van der Waals surface area (Å²) in [4.78, 5) is 30.3. The van der Waals surface area contributed by atoms with Crippen molar-refractivity contribution in [3.05, 3.63) is 65.3 Å². The van der Waals surface area contributed by atoms with Gasteiger partial charge in [-0.3, -0.25) is 4.79 Å². The van der Waals surface area contributed by atoms with E-state index >= 15 is 0 Å². The Hall–Kier alpha value is -3.98. The maximum absolute atomic E-state index is 13.1. The molecular weight excluding hydrogens is 418 g/mol. The predicted octanol–water partition coefficient (Wildman–Crippen LogP) is 2.58. The number of morpholine rings is 1. The summed E-state index contributed by atoms with van der Waals surface area (Å²) in [6.45, 7) is 3.23. The van der Waals surface area contributed by atoms with Gasteiger partial charge in [0.05, 0.1) is 24.3 Å². The van der Waals surface area contributed by atoms with Crippen molar-refractivity contribution >= 4 is 33.9 Å². The van der Waals surface area contributed by atoms with Crippen molar-refractivity contribution in [1.29, 1.82) is 0 Å². The first-order valence-electron chi connectivity index (χ1n) is 10.8. The molecule has 0 atom stereocenters. The summed E-state index contributed by atoms with van der Waals surface area (Å²) < 4.78 is 7.02. The average molecular weight is 444 g/mol. The maximum atomic E-state index is 13.1. The minimum Gasteiger partial charge on any atom is -0.378 e. The van der Waals surface area contributed by atoms with E-state index in [0.29, 0.717) is 16.9 Å². The second kappa shape index (κ2) is 8.51. The molecule has 1 aliphatic rings. The van der Waals surface area contributed by atoms with E-state index in [1.807, 2.05) is 36.2 Å². The van der Waals surface area contributed by atoms with Gasteiger partial charge in [-0.1, -0.05) is 0 Å². The van der Waals surface area contributed by atoms with E-state index in [1.165, 1.54) is 0 Å². The van der Waals surface area contributed by atoms with E-state index in [0.717, 1.165) is 48.6 Å². The molecule has 0 bridgehead atoms. The van der Waals surface area contributed by atoms with Crippen molar-refractivity contribution in [1.82, 2.24) is 19.5 Å². The van der Waals surface area contributed by atoms with E-state index in [9.17, 15) is 4.79 Å². The van der Waals surface area contributed by atoms with Gasteiger partial charge in [-0.05, 0) is 41.8 Å². The number of nitrogens with two attached hydrogens (primary N) is 1. The van der Waals surface area contributed by atoms with Gasteiger partial charge < -0.3 is 24.8 Å². The Bertz CT molecular complexity index is 1340. The molecule has 33 heavy (non-hydrogen) atoms. The fourth-order valence-electron chi connectivity index (χ4n) is 4.03. The SMILES string of the molecule is CN(c1ccc(N2CCOCC2)cc1)c1nc(-c2cnc(N)nc2)cc2ccn(C)c(=O)c12. The lowest BCUT2D eigenvalue weighted by molar-refractivity contribution is 0.122. The summed E-state index contributed by atoms with van der Waals surface area (Å²) in [7, 11) is 3.66. The third-order valence-corrected chi connectivity index (χ3v) is 5.94. The number of rotatable bonds is 4. The van der Waals surface area contributed by atoms with E-state index in [2.05, 4.69) is 27.0 Å². The smallest absolute Gasteiger partial charge is 0.261 e. The molecule has 0 aliphatic carbocycles. The minimum atomic E-state index is -0.105. The van der Waals surface area contributed by atoms with Gasteiger partial charge in [-0.15, -0.1) is 0 Å². The zero-order valence-electron chi connectivity index (χ0n) is 18.6. The number of fused-ring (bicyclic) bond motifs is 1. The van der Waals surface area contributed by atoms with Gasteiger partial charge in [0, 0.05) is 62.7 Å². The van der Waals surface area contributed by atoms with E-state index in [1.54, 1.807) is 30.2 Å². The van der Waals surface area contributed by atoms with Crippen LogP contribution in [0.1, 0.15) is 0 Å². The monoisotopic (exact) mass is 443 g/mol. The minimum absolute atomic E-state index is 0.105. The van der Waals surface area contributed by atoms with Gasteiger partial charge in [0.15, 0.2) is 0 Å². The molecule has 9 nitrogen and oxygen atoms in total. The Labute approximate surface area is 191 Å². The maximum Gasteiger partial charge on any atom is 0.261 e. The van der Waals surface area contributed by atoms with Gasteiger partial charge in [0.2, 0.25) is 5.95 Å². The molecule has 0 amide bonds. The van der Waals surface area contributed by atoms with Crippen LogP contribution in [0.2, 0.25) is 0 Å². The van der Waals surface area contributed by atoms with Crippen molar-refractivity contribution in [3.8, 4) is 11.3 Å². The first kappa shape index (κ1) is 20.9. The fourth-order valence-corrected chi connectivity index (χ4v) is 4.03. The van der Waals surface area contributed by atoms with Gasteiger partial charge in [0.1, 0.15) is 5.82 Å². The lowest BCUT2D eigenvalue weighted by atomic mass is 10.1. The van der Waals surface area contributed by atoms with Crippen LogP contribution in [0.4, 0.5) is 23.1 Å². The van der Waals surface area contributed by atoms with Crippen molar-refractivity contribution in [2.75, 3.05) is 48.9 Å². The Morgan fingerprint density at radius 2 is 1.76 bits per heavy atom. The number of nitrogens with zero attached hydrogens (tertiary/aromatic N) is 6. The topological polar surface area (TPSA) is 102 Å². The van der Waals surface area contributed by atoms with Crippen LogP contribution >= 0.6 is 0 Å². The number of ether oxygens (including phenoxy) is 1. The molecule has 0 saturated carbocycles. The molecule has 5 rings (SSSR count). The third-order valence-electron chi connectivity index (χ3n) is 5.94. The summed E-state index contributed by atoms with van der Waals surface area (Å²) in [6, 6.07) is 12.1. The number of pyridine rings is 2. The molecule has 168 valence electrons. The van der Waals surface area contributed by atoms with Crippen molar-refractivity contribution < 1.29 is 4.74 Å². The summed E-state index contributed by atoms with van der Waals surface area (Å²) in [5, 5.41) is 1.35. The molecule has 9 heteroatoms. The summed E-state index contributed by atoms with van der Waals surface area (Å²) in [5.74, 6) is 0.769. The highest BCUT2D eigenvalue weighted by atomic mass is 16.5. The largest absolute Gasteiger partial charge is 0.378 e. The second-order valence-electron chi connectivity index (χ2n) is 8.03. The predicted molar refractivity (Wildman–Crippen MR) is 130 cm³/mol. The zero-order valence-corrected chi connectivity index (χ0v) is 18.6. The molecule has 0 radical (unpaired) electrons. The molecular formula is C24H25N7O2. The second-order valence-corrected chi connectivity index (χ2v) is 8.03. The molecule has 0 unspecified atom stereocenters. The quantitative estimate of drug-likeness (QED) is 0.513. The van der Waals surface area contributed by atoms with Crippen LogP contribution in [0.25, 0.3) is 22.0 Å². The van der Waals surface area contributed by atoms with Crippen LogP contribution in [-0.2, 0) is 11.8 Å². The van der Waals surface area contributed by atoms with Crippen LogP contribution in [0.3, 0.4) is 0 Å². The fraction of sp³-hybridized carbons (Fsp3) is 0.250. The van der Waals surface area contributed by atoms with Crippen molar-refractivity contribution in [2.45, 2.75) is 0 Å². The number of anilines is 4. The summed E-state index contributed by atoms with van der Waals surface area (Å²) >= 11 is 0. The first-order chi connectivity index (χ1) is 16.0. The molecule has 1 saturated heterocycles. The molecule has 1 fully saturated rings. The van der Waals surface area contributed by atoms with E-state index in [-0.39, 0.29) is 11.5 Å². The Morgan fingerprint density at radius 1 is 1.06 bits per heavy atom. The van der Waals surface area contributed by atoms with Gasteiger partial charge in [-0.25, -0.2) is 15.0 Å². The van der Waals surface area contributed by atoms with Crippen molar-refractivity contribution in [2.24, 2.45) is 7.05 Å². The number of benzene rings is 1. The molecule has 4 heterocycles. The highest BCUT2D eigenvalue weighted by molar-refractivity contribution is 5.95. The van der Waals surface area contributed by atoms with E-state index < -0.39 is 0 Å². The summed E-state index contributed by atoms with van der Waals surface area (Å²) in [5.41, 5.74) is 9.02. The molecule has 4 aromatic rings. The van der Waals surface area contributed by atoms with Crippen molar-refractivity contribution in [3.63, 3.8) is 0 Å². The third kappa shape index (κ3) is 3.98. The number of hydrogen-bond donors (Lipinski definition) is 1. The molecule has 1 aliphatic heterocycles. The van der Waals surface area contributed by atoms with Crippen LogP contribution in [0, 0.1) is 0 Å². The van der Waals surface area contributed by atoms with Gasteiger partial charge >= 0.3 is 0 Å². The molecule has 0 spiro atoms. The number of aryl methyl sites for hydroxylation is 1. The Kier molecular flexibility index (Phi) is 5.39. The Morgan fingerprint density at radius 3 is 2.45 bits per heavy atom. The number of aromatic nitrogens is 4. The summed E-state index contributed by atoms with van der Waals surface area (Å²) in [6.07, 6.45) is 5.03. The lowest BCUT2D eigenvalue weighted by Crippen LogP contribution is -2.36. The molecule has 2 N–H and O–H groups in total. The Balaban J connectivity index is 1.60. The van der Waals surface area contributed by atoms with E-state index in [4.69, 9.17) is 15.5 Å². The van der Waals surface area contributed by atoms with Crippen LogP contribution < -0.4 is 21.1 Å². The lowest BCUT2D eigenvalue weighted by Gasteiger charge is -2.29. The average Bonchev–Trinajstić information content (AvgIpc) is 2.86. The normalized spacial score (nSPS) is 13.9. The highest BCUT2D eigenvalue weighted by Gasteiger charge is 2.18. The standard InChI is InChI=1S/C24H25N7O2/c1-29-8-7-16-13-20(17-14-26-24(25)27-15-17)28-22(21(16)23(29)32)30(2)18-3-5-19(6-4-18)31-9-11-33-12-10-31/h3-8,13-15H,9-12H2,1-2H3,(H2,25,26,27). The van der Waals surface area contributed by atoms with Crippen LogP contribution in [-0.4, -0.2) is 52.9 Å². The highest BCUT2D eigenvalue weighted by Crippen LogP contribution is 2.32. The van der Waals surface area contributed by atoms with Gasteiger partial charge in [-0.2, -0.15) is 0 Å². The number of hydrogen-bond acceptors (Lipinski definition) is 8. The van der Waals surface area contributed by atoms with Crippen LogP contribution in [0.5, 0.6) is 0 Å². The van der Waals surface area contributed by atoms with Gasteiger partial charge in [0.25, 0.3) is 5.56 Å².